The van der Waals surface area contributed by atoms with E-state index < -0.39 is 10.8 Å². The molecular formula is C30H40N2O3. The molecule has 0 aromatic heterocycles. The maximum atomic E-state index is 14.2. The Morgan fingerprint density at radius 3 is 2.31 bits per heavy atom. The molecule has 35 heavy (non-hydrogen) atoms. The number of Topliss-reactive ketones (excluding diaryl/α,β-unsaturated/α-hetero) is 1. The summed E-state index contributed by atoms with van der Waals surface area (Å²) in [5, 5.41) is 9.72. The first kappa shape index (κ1) is 24.5. The molecule has 5 aliphatic rings. The minimum Gasteiger partial charge on any atom is -0.369 e. The van der Waals surface area contributed by atoms with Gasteiger partial charge in [-0.15, -0.1) is 0 Å². The number of carbonyl (C=O) groups excluding carboxylic acids is 3. The van der Waals surface area contributed by atoms with Gasteiger partial charge in [0.15, 0.2) is 11.6 Å². The highest BCUT2D eigenvalue weighted by Gasteiger charge is 2.69. The predicted molar refractivity (Wildman–Crippen MR) is 133 cm³/mol. The van der Waals surface area contributed by atoms with E-state index in [0.29, 0.717) is 0 Å². The number of primary amides is 1. The number of carbonyl (C=O) groups is 3. The van der Waals surface area contributed by atoms with Gasteiger partial charge in [-0.25, -0.2) is 0 Å². The van der Waals surface area contributed by atoms with Crippen LogP contribution in [-0.2, 0) is 14.4 Å². The quantitative estimate of drug-likeness (QED) is 0.555. The number of nitrogens with zero attached hydrogens (tertiary/aromatic N) is 1. The third kappa shape index (κ3) is 2.89. The van der Waals surface area contributed by atoms with E-state index in [0.717, 1.165) is 50.5 Å². The fourth-order valence-corrected chi connectivity index (χ4v) is 9.68. The largest absolute Gasteiger partial charge is 0.369 e. The molecule has 3 saturated carbocycles. The first-order valence-corrected chi connectivity index (χ1v) is 13.4. The van der Waals surface area contributed by atoms with E-state index in [1.807, 2.05) is 19.1 Å². The van der Waals surface area contributed by atoms with Crippen molar-refractivity contribution in [1.29, 1.82) is 5.26 Å². The van der Waals surface area contributed by atoms with Crippen LogP contribution in [0.15, 0.2) is 23.3 Å². The van der Waals surface area contributed by atoms with Crippen molar-refractivity contribution in [3.8, 4) is 6.07 Å². The van der Waals surface area contributed by atoms with Crippen LogP contribution < -0.4 is 5.73 Å². The Morgan fingerprint density at radius 2 is 1.69 bits per heavy atom. The molecule has 5 aliphatic carbocycles. The van der Waals surface area contributed by atoms with Gasteiger partial charge in [0.1, 0.15) is 6.07 Å². The monoisotopic (exact) mass is 476 g/mol. The summed E-state index contributed by atoms with van der Waals surface area (Å²) in [6, 6.07) is 2.14. The molecule has 188 valence electrons. The van der Waals surface area contributed by atoms with Crippen molar-refractivity contribution in [2.24, 2.45) is 56.5 Å². The molecule has 0 bridgehead atoms. The van der Waals surface area contributed by atoms with Crippen molar-refractivity contribution in [2.45, 2.75) is 86.5 Å². The van der Waals surface area contributed by atoms with Crippen molar-refractivity contribution in [3.05, 3.63) is 23.3 Å². The molecule has 5 rings (SSSR count). The van der Waals surface area contributed by atoms with Gasteiger partial charge in [0.2, 0.25) is 5.91 Å². The Labute approximate surface area is 209 Å². The number of amides is 1. The second-order valence-corrected chi connectivity index (χ2v) is 13.9. The maximum Gasteiger partial charge on any atom is 0.223 e. The number of nitrogens with two attached hydrogens (primary N) is 1. The van der Waals surface area contributed by atoms with Crippen LogP contribution in [0.25, 0.3) is 0 Å². The molecule has 0 aliphatic heterocycles. The molecule has 8 unspecified atom stereocenters. The second kappa shape index (κ2) is 7.17. The molecule has 1 amide bonds. The molecule has 3 fully saturated rings. The number of ketones is 2. The summed E-state index contributed by atoms with van der Waals surface area (Å²) >= 11 is 0. The molecule has 8 atom stereocenters. The first-order chi connectivity index (χ1) is 16.2. The lowest BCUT2D eigenvalue weighted by molar-refractivity contribution is -0.175. The van der Waals surface area contributed by atoms with Crippen LogP contribution in [0.5, 0.6) is 0 Å². The number of fused-ring (bicyclic) bond motifs is 7. The SMILES string of the molecule is CC1C(=O)C(C#N)=CC2(C)C3=CC(=O)C4C5CC(C)(C)CCC5(C(N)=O)CCC4(C)C3(C)CCC12. The number of rotatable bonds is 1. The molecule has 0 radical (unpaired) electrons. The van der Waals surface area contributed by atoms with E-state index in [-0.39, 0.29) is 63.0 Å². The Bertz CT molecular complexity index is 1140. The van der Waals surface area contributed by atoms with Crippen LogP contribution >= 0.6 is 0 Å². The lowest BCUT2D eigenvalue weighted by Crippen LogP contribution is -2.65. The standard InChI is InChI=1S/C30H40N2O3/c1-17-19-7-8-28(5)22(27(19,4)14-18(16-31)24(17)34)13-21(33)23-20-15-26(2,3)9-11-30(20,25(32)35)12-10-29(23,28)6/h13-14,17,19-20,23H,7-12,15H2,1-6H3,(H2,32,35). The molecule has 5 nitrogen and oxygen atoms in total. The predicted octanol–water partition coefficient (Wildman–Crippen LogP) is 5.30. The zero-order valence-electron chi connectivity index (χ0n) is 22.2. The van der Waals surface area contributed by atoms with E-state index in [2.05, 4.69) is 40.7 Å². The Morgan fingerprint density at radius 1 is 1.03 bits per heavy atom. The normalized spacial score (nSPS) is 48.3. The summed E-state index contributed by atoms with van der Waals surface area (Å²) in [5.41, 5.74) is 5.85. The maximum absolute atomic E-state index is 14.2. The molecule has 0 saturated heterocycles. The lowest BCUT2D eigenvalue weighted by Gasteiger charge is -2.68. The lowest BCUT2D eigenvalue weighted by atomic mass is 9.35. The molecule has 2 N–H and O–H groups in total. The van der Waals surface area contributed by atoms with Crippen molar-refractivity contribution in [3.63, 3.8) is 0 Å². The second-order valence-electron chi connectivity index (χ2n) is 13.9. The van der Waals surface area contributed by atoms with Crippen LogP contribution in [0.3, 0.4) is 0 Å². The fraction of sp³-hybridized carbons (Fsp3) is 0.733. The van der Waals surface area contributed by atoms with Gasteiger partial charge in [-0.3, -0.25) is 14.4 Å². The van der Waals surface area contributed by atoms with Gasteiger partial charge in [-0.1, -0.05) is 53.2 Å². The van der Waals surface area contributed by atoms with Crippen molar-refractivity contribution in [1.82, 2.24) is 0 Å². The topological polar surface area (TPSA) is 101 Å². The fourth-order valence-electron chi connectivity index (χ4n) is 9.68. The number of hydrogen-bond acceptors (Lipinski definition) is 4. The van der Waals surface area contributed by atoms with Crippen LogP contribution in [0.2, 0.25) is 0 Å². The van der Waals surface area contributed by atoms with Crippen LogP contribution in [0.4, 0.5) is 0 Å². The van der Waals surface area contributed by atoms with E-state index in [1.165, 1.54) is 0 Å². The van der Waals surface area contributed by atoms with Crippen molar-refractivity contribution < 1.29 is 14.4 Å². The van der Waals surface area contributed by atoms with Crippen LogP contribution in [-0.4, -0.2) is 17.5 Å². The minimum atomic E-state index is -0.599. The third-order valence-electron chi connectivity index (χ3n) is 12.0. The highest BCUT2D eigenvalue weighted by atomic mass is 16.1. The molecular weight excluding hydrogens is 436 g/mol. The molecule has 0 heterocycles. The molecule has 0 aromatic carbocycles. The highest BCUT2D eigenvalue weighted by molar-refractivity contribution is 6.02. The molecule has 0 aromatic rings. The van der Waals surface area contributed by atoms with E-state index >= 15 is 0 Å². The summed E-state index contributed by atoms with van der Waals surface area (Å²) in [4.78, 5) is 40.0. The van der Waals surface area contributed by atoms with Gasteiger partial charge >= 0.3 is 0 Å². The van der Waals surface area contributed by atoms with Gasteiger partial charge in [0.25, 0.3) is 0 Å². The number of allylic oxidation sites excluding steroid dienone is 4. The summed E-state index contributed by atoms with van der Waals surface area (Å²) in [5.74, 6) is -0.624. The smallest absolute Gasteiger partial charge is 0.223 e. The van der Waals surface area contributed by atoms with E-state index in [9.17, 15) is 19.6 Å². The van der Waals surface area contributed by atoms with Gasteiger partial charge in [0, 0.05) is 17.3 Å². The number of nitriles is 1. The van der Waals surface area contributed by atoms with E-state index in [4.69, 9.17) is 5.73 Å². The van der Waals surface area contributed by atoms with Crippen molar-refractivity contribution >= 4 is 17.5 Å². The molecule has 0 spiro atoms. The summed E-state index contributed by atoms with van der Waals surface area (Å²) in [7, 11) is 0. The van der Waals surface area contributed by atoms with Gasteiger partial charge < -0.3 is 5.73 Å². The average Bonchev–Trinajstić information content (AvgIpc) is 2.77. The Hall–Kier alpha value is -2.22. The van der Waals surface area contributed by atoms with Gasteiger partial charge in [-0.2, -0.15) is 5.26 Å². The number of hydrogen-bond donors (Lipinski definition) is 1. The zero-order chi connectivity index (χ0) is 25.8. The Balaban J connectivity index is 1.70. The van der Waals surface area contributed by atoms with Gasteiger partial charge in [-0.05, 0) is 79.1 Å². The summed E-state index contributed by atoms with van der Waals surface area (Å²) in [6.45, 7) is 13.2. The first-order valence-electron chi connectivity index (χ1n) is 13.4. The highest BCUT2D eigenvalue weighted by Crippen LogP contribution is 2.73. The molecule has 5 heteroatoms. The summed E-state index contributed by atoms with van der Waals surface area (Å²) < 4.78 is 0. The minimum absolute atomic E-state index is 0.0489. The van der Waals surface area contributed by atoms with Crippen LogP contribution in [0, 0.1) is 62.1 Å². The summed E-state index contributed by atoms with van der Waals surface area (Å²) in [6.07, 6.45) is 9.64. The van der Waals surface area contributed by atoms with Crippen LogP contribution in [0.1, 0.15) is 86.5 Å². The Kier molecular flexibility index (Phi) is 5.02. The van der Waals surface area contributed by atoms with E-state index in [1.54, 1.807) is 0 Å². The van der Waals surface area contributed by atoms with Crippen molar-refractivity contribution in [2.75, 3.05) is 0 Å². The third-order valence-corrected chi connectivity index (χ3v) is 12.0. The zero-order valence-corrected chi connectivity index (χ0v) is 22.2. The van der Waals surface area contributed by atoms with Gasteiger partial charge in [0.05, 0.1) is 11.0 Å². The average molecular weight is 477 g/mol.